The molecule has 1 heterocycles. The molecule has 1 amide bonds. The van der Waals surface area contributed by atoms with E-state index in [4.69, 9.17) is 0 Å². The number of hydrogen-bond acceptors (Lipinski definition) is 3. The van der Waals surface area contributed by atoms with Crippen molar-refractivity contribution in [2.45, 2.75) is 25.7 Å². The van der Waals surface area contributed by atoms with E-state index in [2.05, 4.69) is 43.1 Å². The molecule has 1 aromatic heterocycles. The van der Waals surface area contributed by atoms with Gasteiger partial charge in [-0.05, 0) is 78.3 Å². The molecule has 3 aromatic rings. The van der Waals surface area contributed by atoms with Crippen molar-refractivity contribution in [1.82, 2.24) is 15.2 Å². The SMILES string of the molecule is Cc1cccc(C(=O)Nc2ccc(-c3n[nH]c(C4CC4)n3)cc2)c1I. The lowest BCUT2D eigenvalue weighted by molar-refractivity contribution is 0.102. The maximum absolute atomic E-state index is 12.5. The van der Waals surface area contributed by atoms with E-state index < -0.39 is 0 Å². The molecule has 0 radical (unpaired) electrons. The molecule has 0 bridgehead atoms. The number of anilines is 1. The Labute approximate surface area is 159 Å². The van der Waals surface area contributed by atoms with Gasteiger partial charge in [0.15, 0.2) is 5.82 Å². The fourth-order valence-electron chi connectivity index (χ4n) is 2.67. The van der Waals surface area contributed by atoms with Crippen LogP contribution in [0.1, 0.15) is 40.5 Å². The van der Waals surface area contributed by atoms with Crippen molar-refractivity contribution in [3.8, 4) is 11.4 Å². The first-order valence-corrected chi connectivity index (χ1v) is 9.29. The quantitative estimate of drug-likeness (QED) is 0.582. The molecule has 1 fully saturated rings. The van der Waals surface area contributed by atoms with Crippen LogP contribution in [0.15, 0.2) is 42.5 Å². The predicted molar refractivity (Wildman–Crippen MR) is 106 cm³/mol. The number of amides is 1. The van der Waals surface area contributed by atoms with Gasteiger partial charge in [0.25, 0.3) is 5.91 Å². The van der Waals surface area contributed by atoms with Crippen molar-refractivity contribution in [3.05, 3.63) is 63.0 Å². The van der Waals surface area contributed by atoms with Gasteiger partial charge in [-0.2, -0.15) is 5.10 Å². The summed E-state index contributed by atoms with van der Waals surface area (Å²) in [5.41, 5.74) is 3.47. The van der Waals surface area contributed by atoms with Crippen molar-refractivity contribution < 1.29 is 4.79 Å². The van der Waals surface area contributed by atoms with Gasteiger partial charge < -0.3 is 5.32 Å². The average molecular weight is 444 g/mol. The molecule has 6 heteroatoms. The van der Waals surface area contributed by atoms with Gasteiger partial charge in [-0.25, -0.2) is 4.98 Å². The van der Waals surface area contributed by atoms with Crippen molar-refractivity contribution in [2.75, 3.05) is 5.32 Å². The van der Waals surface area contributed by atoms with Crippen LogP contribution in [0.4, 0.5) is 5.69 Å². The van der Waals surface area contributed by atoms with Crippen molar-refractivity contribution in [1.29, 1.82) is 0 Å². The zero-order valence-corrected chi connectivity index (χ0v) is 15.9. The summed E-state index contributed by atoms with van der Waals surface area (Å²) in [5.74, 6) is 2.13. The van der Waals surface area contributed by atoms with Crippen LogP contribution in [0.3, 0.4) is 0 Å². The zero-order chi connectivity index (χ0) is 17.4. The number of H-pyrrole nitrogens is 1. The highest BCUT2D eigenvalue weighted by molar-refractivity contribution is 14.1. The van der Waals surface area contributed by atoms with Gasteiger partial charge in [-0.3, -0.25) is 9.89 Å². The maximum Gasteiger partial charge on any atom is 0.256 e. The number of halogens is 1. The Morgan fingerprint density at radius 2 is 1.96 bits per heavy atom. The number of benzene rings is 2. The summed E-state index contributed by atoms with van der Waals surface area (Å²) in [7, 11) is 0. The summed E-state index contributed by atoms with van der Waals surface area (Å²) in [4.78, 5) is 17.0. The molecule has 5 nitrogen and oxygen atoms in total. The van der Waals surface area contributed by atoms with Crippen LogP contribution in [0.2, 0.25) is 0 Å². The Bertz CT molecular complexity index is 929. The molecule has 2 N–H and O–H groups in total. The van der Waals surface area contributed by atoms with Crippen LogP contribution < -0.4 is 5.32 Å². The second kappa shape index (κ2) is 6.59. The lowest BCUT2D eigenvalue weighted by Crippen LogP contribution is -2.13. The average Bonchev–Trinajstić information content (AvgIpc) is 3.35. The third kappa shape index (κ3) is 3.44. The molecule has 1 aliphatic carbocycles. The second-order valence-electron chi connectivity index (χ2n) is 6.29. The molecule has 4 rings (SSSR count). The van der Waals surface area contributed by atoms with Gasteiger partial charge in [-0.1, -0.05) is 12.1 Å². The van der Waals surface area contributed by atoms with Crippen LogP contribution in [0.25, 0.3) is 11.4 Å². The number of aromatic nitrogens is 3. The summed E-state index contributed by atoms with van der Waals surface area (Å²) < 4.78 is 0.975. The molecule has 0 atom stereocenters. The van der Waals surface area contributed by atoms with Gasteiger partial charge in [0.05, 0.1) is 5.56 Å². The number of carbonyl (C=O) groups excluding carboxylic acids is 1. The molecule has 1 aliphatic rings. The first-order valence-electron chi connectivity index (χ1n) is 8.21. The van der Waals surface area contributed by atoms with E-state index in [9.17, 15) is 4.79 Å². The normalized spacial score (nSPS) is 13.7. The van der Waals surface area contributed by atoms with Gasteiger partial charge in [0.1, 0.15) is 5.82 Å². The lowest BCUT2D eigenvalue weighted by atomic mass is 10.1. The number of hydrogen-bond donors (Lipinski definition) is 2. The molecule has 2 aromatic carbocycles. The predicted octanol–water partition coefficient (Wildman–Crippen LogP) is 4.51. The fraction of sp³-hybridized carbons (Fsp3) is 0.211. The number of nitrogens with zero attached hydrogens (tertiary/aromatic N) is 2. The number of carbonyl (C=O) groups is 1. The summed E-state index contributed by atoms with van der Waals surface area (Å²) in [5, 5.41) is 10.2. The van der Waals surface area contributed by atoms with Gasteiger partial charge >= 0.3 is 0 Å². The van der Waals surface area contributed by atoms with Crippen molar-refractivity contribution in [3.63, 3.8) is 0 Å². The molecular weight excluding hydrogens is 427 g/mol. The summed E-state index contributed by atoms with van der Waals surface area (Å²) in [6, 6.07) is 13.3. The van der Waals surface area contributed by atoms with Crippen molar-refractivity contribution in [2.24, 2.45) is 0 Å². The van der Waals surface area contributed by atoms with E-state index in [1.54, 1.807) is 0 Å². The molecule has 1 saturated carbocycles. The van der Waals surface area contributed by atoms with E-state index >= 15 is 0 Å². The van der Waals surface area contributed by atoms with Crippen LogP contribution in [-0.2, 0) is 0 Å². The Morgan fingerprint density at radius 1 is 1.20 bits per heavy atom. The Hall–Kier alpha value is -2.22. The van der Waals surface area contributed by atoms with Crippen molar-refractivity contribution >= 4 is 34.2 Å². The first-order chi connectivity index (χ1) is 12.1. The van der Waals surface area contributed by atoms with E-state index in [-0.39, 0.29) is 5.91 Å². The minimum Gasteiger partial charge on any atom is -0.322 e. The topological polar surface area (TPSA) is 70.7 Å². The molecule has 0 aliphatic heterocycles. The van der Waals surface area contributed by atoms with Gasteiger partial charge in [0, 0.05) is 20.7 Å². The minimum atomic E-state index is -0.102. The Balaban J connectivity index is 1.49. The standard InChI is InChI=1S/C19H17IN4O/c1-11-3-2-4-15(16(11)20)19(25)21-14-9-7-13(8-10-14)18-22-17(23-24-18)12-5-6-12/h2-4,7-10,12H,5-6H2,1H3,(H,21,25)(H,22,23,24). The number of rotatable bonds is 4. The Kier molecular flexibility index (Phi) is 4.29. The van der Waals surface area contributed by atoms with E-state index in [1.165, 1.54) is 12.8 Å². The van der Waals surface area contributed by atoms with Crippen LogP contribution in [0.5, 0.6) is 0 Å². The molecule has 0 saturated heterocycles. The highest BCUT2D eigenvalue weighted by atomic mass is 127. The maximum atomic E-state index is 12.5. The van der Waals surface area contributed by atoms with Gasteiger partial charge in [0.2, 0.25) is 0 Å². The van der Waals surface area contributed by atoms with E-state index in [1.807, 2.05) is 49.4 Å². The zero-order valence-electron chi connectivity index (χ0n) is 13.7. The molecular formula is C19H17IN4O. The third-order valence-electron chi connectivity index (χ3n) is 4.30. The summed E-state index contributed by atoms with van der Waals surface area (Å²) >= 11 is 2.21. The van der Waals surface area contributed by atoms with Gasteiger partial charge in [-0.15, -0.1) is 0 Å². The third-order valence-corrected chi connectivity index (χ3v) is 5.74. The minimum absolute atomic E-state index is 0.102. The number of aromatic amines is 1. The molecule has 0 spiro atoms. The highest BCUT2D eigenvalue weighted by Crippen LogP contribution is 2.38. The smallest absolute Gasteiger partial charge is 0.256 e. The monoisotopic (exact) mass is 444 g/mol. The highest BCUT2D eigenvalue weighted by Gasteiger charge is 2.27. The first kappa shape index (κ1) is 16.3. The fourth-order valence-corrected chi connectivity index (χ4v) is 3.27. The number of nitrogens with one attached hydrogen (secondary N) is 2. The second-order valence-corrected chi connectivity index (χ2v) is 7.37. The molecule has 0 unspecified atom stereocenters. The van der Waals surface area contributed by atoms with Crippen LogP contribution in [-0.4, -0.2) is 21.1 Å². The number of aryl methyl sites for hydroxylation is 1. The lowest BCUT2D eigenvalue weighted by Gasteiger charge is -2.09. The van der Waals surface area contributed by atoms with E-state index in [0.29, 0.717) is 17.3 Å². The molecule has 126 valence electrons. The Morgan fingerprint density at radius 3 is 2.68 bits per heavy atom. The molecule has 25 heavy (non-hydrogen) atoms. The summed E-state index contributed by atoms with van der Waals surface area (Å²) in [6.45, 7) is 2.00. The largest absolute Gasteiger partial charge is 0.322 e. The summed E-state index contributed by atoms with van der Waals surface area (Å²) in [6.07, 6.45) is 2.38. The van der Waals surface area contributed by atoms with Crippen LogP contribution in [0, 0.1) is 10.5 Å². The van der Waals surface area contributed by atoms with Crippen LogP contribution >= 0.6 is 22.6 Å². The van der Waals surface area contributed by atoms with E-state index in [0.717, 1.165) is 26.2 Å².